The molecule has 4 heterocycles. The number of aromatic nitrogens is 3. The second kappa shape index (κ2) is 7.97. The number of piperidine rings is 1. The highest BCUT2D eigenvalue weighted by Gasteiger charge is 2.32. The molecule has 0 aliphatic carbocycles. The Morgan fingerprint density at radius 1 is 1.07 bits per heavy atom. The number of pyridine rings is 1. The number of carbonyl (C=O) groups excluding carboxylic acids is 1. The zero-order valence-electron chi connectivity index (χ0n) is 17.4. The molecule has 0 unspecified atom stereocenters. The Bertz CT molecular complexity index is 1020. The Hall–Kier alpha value is -3.09. The summed E-state index contributed by atoms with van der Waals surface area (Å²) >= 11 is 0. The van der Waals surface area contributed by atoms with Gasteiger partial charge in [-0.1, -0.05) is 12.1 Å². The van der Waals surface area contributed by atoms with Gasteiger partial charge in [0.05, 0.1) is 17.0 Å². The Labute approximate surface area is 176 Å². The van der Waals surface area contributed by atoms with Crippen molar-refractivity contribution in [2.24, 2.45) is 5.92 Å². The lowest BCUT2D eigenvalue weighted by Crippen LogP contribution is -2.52. The minimum absolute atomic E-state index is 0.0371. The maximum atomic E-state index is 13.2. The fourth-order valence-electron chi connectivity index (χ4n) is 4.59. The van der Waals surface area contributed by atoms with Gasteiger partial charge in [0.15, 0.2) is 0 Å². The average molecular weight is 405 g/mol. The van der Waals surface area contributed by atoms with E-state index in [0.717, 1.165) is 74.9 Å². The van der Waals surface area contributed by atoms with Gasteiger partial charge < -0.3 is 19.7 Å². The van der Waals surface area contributed by atoms with E-state index in [0.29, 0.717) is 0 Å². The van der Waals surface area contributed by atoms with E-state index < -0.39 is 0 Å². The first kappa shape index (κ1) is 18.9. The quantitative estimate of drug-likeness (QED) is 0.727. The van der Waals surface area contributed by atoms with Crippen molar-refractivity contribution in [2.75, 3.05) is 49.1 Å². The minimum Gasteiger partial charge on any atom is -0.353 e. The minimum atomic E-state index is 0.0371. The van der Waals surface area contributed by atoms with Crippen LogP contribution in [0.25, 0.3) is 11.0 Å². The topological polar surface area (TPSA) is 68.4 Å². The molecule has 2 aliphatic heterocycles. The van der Waals surface area contributed by atoms with Gasteiger partial charge >= 0.3 is 0 Å². The lowest BCUT2D eigenvalue weighted by atomic mass is 9.96. The first-order chi connectivity index (χ1) is 14.7. The van der Waals surface area contributed by atoms with E-state index >= 15 is 0 Å². The summed E-state index contributed by atoms with van der Waals surface area (Å²) in [5.74, 6) is 2.20. The SMILES string of the molecule is Cc1ccc2nc(N3CCC[C@@H](C(=O)N4CCN(c5ccccn5)CC4)C3)[nH]c2c1. The second-order valence-electron chi connectivity index (χ2n) is 8.37. The van der Waals surface area contributed by atoms with Crippen molar-refractivity contribution in [3.63, 3.8) is 0 Å². The molecule has 0 spiro atoms. The Morgan fingerprint density at radius 3 is 2.73 bits per heavy atom. The summed E-state index contributed by atoms with van der Waals surface area (Å²) in [5.41, 5.74) is 3.26. The average Bonchev–Trinajstić information content (AvgIpc) is 3.23. The highest BCUT2D eigenvalue weighted by atomic mass is 16.2. The summed E-state index contributed by atoms with van der Waals surface area (Å²) in [6, 6.07) is 12.2. The number of anilines is 2. The molecule has 0 bridgehead atoms. The number of piperazine rings is 1. The Morgan fingerprint density at radius 2 is 1.93 bits per heavy atom. The Kier molecular flexibility index (Phi) is 5.02. The van der Waals surface area contributed by atoms with Crippen molar-refractivity contribution >= 4 is 28.7 Å². The number of hydrogen-bond acceptors (Lipinski definition) is 5. The molecule has 1 amide bonds. The van der Waals surface area contributed by atoms with Crippen molar-refractivity contribution < 1.29 is 4.79 Å². The first-order valence-corrected chi connectivity index (χ1v) is 10.8. The maximum Gasteiger partial charge on any atom is 0.227 e. The molecule has 156 valence electrons. The van der Waals surface area contributed by atoms with E-state index in [1.165, 1.54) is 5.56 Å². The molecule has 30 heavy (non-hydrogen) atoms. The number of rotatable bonds is 3. The molecule has 1 aromatic carbocycles. The fourth-order valence-corrected chi connectivity index (χ4v) is 4.59. The van der Waals surface area contributed by atoms with Crippen LogP contribution in [0.5, 0.6) is 0 Å². The lowest BCUT2D eigenvalue weighted by Gasteiger charge is -2.39. The van der Waals surface area contributed by atoms with Crippen LogP contribution >= 0.6 is 0 Å². The van der Waals surface area contributed by atoms with Crippen molar-refractivity contribution in [3.05, 3.63) is 48.2 Å². The van der Waals surface area contributed by atoms with Gasteiger partial charge in [0.2, 0.25) is 11.9 Å². The molecule has 3 aromatic rings. The predicted molar refractivity (Wildman–Crippen MR) is 119 cm³/mol. The molecule has 5 rings (SSSR count). The van der Waals surface area contributed by atoms with Gasteiger partial charge in [-0.3, -0.25) is 4.79 Å². The van der Waals surface area contributed by atoms with Gasteiger partial charge in [0.25, 0.3) is 0 Å². The fraction of sp³-hybridized carbons (Fsp3) is 0.435. The van der Waals surface area contributed by atoms with Crippen LogP contribution in [-0.4, -0.2) is 65.0 Å². The third-order valence-corrected chi connectivity index (χ3v) is 6.26. The number of amides is 1. The highest BCUT2D eigenvalue weighted by molar-refractivity contribution is 5.81. The van der Waals surface area contributed by atoms with E-state index in [9.17, 15) is 4.79 Å². The van der Waals surface area contributed by atoms with Crippen LogP contribution in [0.2, 0.25) is 0 Å². The summed E-state index contributed by atoms with van der Waals surface area (Å²) in [4.78, 5) is 32.4. The molecular weight excluding hydrogens is 376 g/mol. The summed E-state index contributed by atoms with van der Waals surface area (Å²) < 4.78 is 0. The summed E-state index contributed by atoms with van der Waals surface area (Å²) in [7, 11) is 0. The molecule has 2 aliphatic rings. The molecular formula is C23H28N6O. The third-order valence-electron chi connectivity index (χ3n) is 6.26. The van der Waals surface area contributed by atoms with Gasteiger partial charge in [-0.2, -0.15) is 0 Å². The van der Waals surface area contributed by atoms with Crippen molar-refractivity contribution in [1.29, 1.82) is 0 Å². The molecule has 0 saturated carbocycles. The number of aromatic amines is 1. The van der Waals surface area contributed by atoms with Crippen LogP contribution in [0.3, 0.4) is 0 Å². The van der Waals surface area contributed by atoms with Crippen LogP contribution in [0.1, 0.15) is 18.4 Å². The summed E-state index contributed by atoms with van der Waals surface area (Å²) in [5, 5.41) is 0. The molecule has 2 aromatic heterocycles. The number of nitrogens with zero attached hydrogens (tertiary/aromatic N) is 5. The molecule has 1 N–H and O–H groups in total. The number of benzene rings is 1. The van der Waals surface area contributed by atoms with E-state index in [-0.39, 0.29) is 11.8 Å². The van der Waals surface area contributed by atoms with E-state index in [4.69, 9.17) is 4.98 Å². The number of fused-ring (bicyclic) bond motifs is 1. The van der Waals surface area contributed by atoms with Crippen molar-refractivity contribution in [3.8, 4) is 0 Å². The Balaban J connectivity index is 1.23. The number of aryl methyl sites for hydroxylation is 1. The van der Waals surface area contributed by atoms with Gasteiger partial charge in [-0.05, 0) is 49.6 Å². The molecule has 7 nitrogen and oxygen atoms in total. The van der Waals surface area contributed by atoms with Gasteiger partial charge in [0.1, 0.15) is 5.82 Å². The van der Waals surface area contributed by atoms with Crippen LogP contribution < -0.4 is 9.80 Å². The van der Waals surface area contributed by atoms with Crippen LogP contribution in [0.4, 0.5) is 11.8 Å². The van der Waals surface area contributed by atoms with E-state index in [1.807, 2.05) is 29.3 Å². The summed E-state index contributed by atoms with van der Waals surface area (Å²) in [6.45, 7) is 6.95. The molecule has 2 saturated heterocycles. The lowest BCUT2D eigenvalue weighted by molar-refractivity contribution is -0.136. The van der Waals surface area contributed by atoms with Crippen molar-refractivity contribution in [1.82, 2.24) is 19.9 Å². The molecule has 0 radical (unpaired) electrons. The van der Waals surface area contributed by atoms with Crippen LogP contribution in [0, 0.1) is 12.8 Å². The third kappa shape index (κ3) is 3.72. The number of imidazole rings is 1. The normalized spacial score (nSPS) is 20.0. The predicted octanol–water partition coefficient (Wildman–Crippen LogP) is 2.83. The number of carbonyl (C=O) groups is 1. The van der Waals surface area contributed by atoms with E-state index in [2.05, 4.69) is 44.9 Å². The van der Waals surface area contributed by atoms with Gasteiger partial charge in [0, 0.05) is 45.5 Å². The second-order valence-corrected chi connectivity index (χ2v) is 8.37. The van der Waals surface area contributed by atoms with Crippen LogP contribution in [0.15, 0.2) is 42.6 Å². The largest absolute Gasteiger partial charge is 0.353 e. The van der Waals surface area contributed by atoms with E-state index in [1.54, 1.807) is 0 Å². The maximum absolute atomic E-state index is 13.2. The summed E-state index contributed by atoms with van der Waals surface area (Å²) in [6.07, 6.45) is 3.79. The highest BCUT2D eigenvalue weighted by Crippen LogP contribution is 2.26. The van der Waals surface area contributed by atoms with Crippen LogP contribution in [-0.2, 0) is 4.79 Å². The molecule has 1 atom stereocenters. The number of hydrogen-bond donors (Lipinski definition) is 1. The monoisotopic (exact) mass is 404 g/mol. The first-order valence-electron chi connectivity index (χ1n) is 10.8. The standard InChI is InChI=1S/C23H28N6O/c1-17-7-8-19-20(15-17)26-23(25-19)29-10-4-5-18(16-29)22(30)28-13-11-27(12-14-28)21-6-2-3-9-24-21/h2-3,6-9,15,18H,4-5,10-14,16H2,1H3,(H,25,26)/t18-/m1/s1. The molecule has 7 heteroatoms. The number of H-pyrrole nitrogens is 1. The number of nitrogens with one attached hydrogen (secondary N) is 1. The molecule has 2 fully saturated rings. The smallest absolute Gasteiger partial charge is 0.227 e. The van der Waals surface area contributed by atoms with Gasteiger partial charge in [-0.25, -0.2) is 9.97 Å². The zero-order valence-corrected chi connectivity index (χ0v) is 17.4. The zero-order chi connectivity index (χ0) is 20.5. The van der Waals surface area contributed by atoms with Gasteiger partial charge in [-0.15, -0.1) is 0 Å². The van der Waals surface area contributed by atoms with Crippen molar-refractivity contribution in [2.45, 2.75) is 19.8 Å².